The number of nitrogens with one attached hydrogen (secondary N) is 1. The molecule has 4 rings (SSSR count). The summed E-state index contributed by atoms with van der Waals surface area (Å²) in [5.41, 5.74) is 4.01. The van der Waals surface area contributed by atoms with Crippen LogP contribution in [0.5, 0.6) is 5.75 Å². The van der Waals surface area contributed by atoms with Crippen LogP contribution in [0, 0.1) is 6.92 Å². The van der Waals surface area contributed by atoms with Crippen LogP contribution in [0.4, 0.5) is 11.4 Å². The maximum absolute atomic E-state index is 13.0. The molecular formula is C26H22ClN3O3. The van der Waals surface area contributed by atoms with Crippen molar-refractivity contribution in [3.05, 3.63) is 94.5 Å². The lowest BCUT2D eigenvalue weighted by molar-refractivity contribution is -0.118. The van der Waals surface area contributed by atoms with E-state index in [-0.39, 0.29) is 18.4 Å². The summed E-state index contributed by atoms with van der Waals surface area (Å²) in [7, 11) is 0. The lowest BCUT2D eigenvalue weighted by Crippen LogP contribution is -2.21. The predicted octanol–water partition coefficient (Wildman–Crippen LogP) is 5.47. The molecule has 0 radical (unpaired) electrons. The molecule has 3 aromatic rings. The maximum atomic E-state index is 13.0. The summed E-state index contributed by atoms with van der Waals surface area (Å²) in [6.07, 6.45) is 1.68. The molecule has 7 heteroatoms. The number of nitrogens with zero attached hydrogens (tertiary/aromatic N) is 2. The summed E-state index contributed by atoms with van der Waals surface area (Å²) in [5, 5.41) is 9.05. The van der Waals surface area contributed by atoms with Gasteiger partial charge in [-0.1, -0.05) is 41.9 Å². The van der Waals surface area contributed by atoms with E-state index >= 15 is 0 Å². The van der Waals surface area contributed by atoms with Gasteiger partial charge < -0.3 is 10.1 Å². The number of benzene rings is 3. The molecule has 0 aromatic heterocycles. The predicted molar refractivity (Wildman–Crippen MR) is 132 cm³/mol. The highest BCUT2D eigenvalue weighted by Gasteiger charge is 2.29. The lowest BCUT2D eigenvalue weighted by Gasteiger charge is -2.12. The van der Waals surface area contributed by atoms with Crippen LogP contribution < -0.4 is 15.1 Å². The first-order valence-electron chi connectivity index (χ1n) is 10.4. The Hall–Kier alpha value is -3.90. The van der Waals surface area contributed by atoms with Crippen LogP contribution in [0.1, 0.15) is 18.1 Å². The molecule has 0 aliphatic carbocycles. The highest BCUT2D eigenvalue weighted by Crippen LogP contribution is 2.29. The molecule has 0 bridgehead atoms. The molecule has 1 aliphatic rings. The van der Waals surface area contributed by atoms with Gasteiger partial charge in [0.1, 0.15) is 5.75 Å². The third kappa shape index (κ3) is 5.30. The van der Waals surface area contributed by atoms with Crippen molar-refractivity contribution < 1.29 is 14.3 Å². The fraction of sp³-hybridized carbons (Fsp3) is 0.115. The van der Waals surface area contributed by atoms with Crippen LogP contribution in [0.2, 0.25) is 5.02 Å². The smallest absolute Gasteiger partial charge is 0.280 e. The molecule has 1 N–H and O–H groups in total. The molecule has 2 amide bonds. The van der Waals surface area contributed by atoms with Gasteiger partial charge in [0.15, 0.2) is 6.61 Å². The van der Waals surface area contributed by atoms with E-state index in [0.717, 1.165) is 5.56 Å². The molecule has 1 aliphatic heterocycles. The van der Waals surface area contributed by atoms with Gasteiger partial charge in [0, 0.05) is 16.3 Å². The number of para-hydroxylation sites is 1. The summed E-state index contributed by atoms with van der Waals surface area (Å²) in [5.74, 6) is -0.106. The topological polar surface area (TPSA) is 71.0 Å². The van der Waals surface area contributed by atoms with E-state index in [9.17, 15) is 9.59 Å². The summed E-state index contributed by atoms with van der Waals surface area (Å²) in [4.78, 5) is 25.4. The van der Waals surface area contributed by atoms with Crippen LogP contribution in [-0.2, 0) is 9.59 Å². The van der Waals surface area contributed by atoms with Gasteiger partial charge in [0.05, 0.1) is 17.0 Å². The molecule has 1 heterocycles. The van der Waals surface area contributed by atoms with E-state index in [4.69, 9.17) is 16.3 Å². The minimum Gasteiger partial charge on any atom is -0.483 e. The van der Waals surface area contributed by atoms with E-state index in [2.05, 4.69) is 10.4 Å². The van der Waals surface area contributed by atoms with Crippen molar-refractivity contribution in [1.29, 1.82) is 0 Å². The maximum Gasteiger partial charge on any atom is 0.280 e. The molecule has 0 saturated carbocycles. The van der Waals surface area contributed by atoms with Crippen molar-refractivity contribution in [1.82, 2.24) is 0 Å². The van der Waals surface area contributed by atoms with Crippen molar-refractivity contribution in [2.24, 2.45) is 5.10 Å². The lowest BCUT2D eigenvalue weighted by atomic mass is 10.1. The van der Waals surface area contributed by atoms with Gasteiger partial charge >= 0.3 is 0 Å². The monoisotopic (exact) mass is 459 g/mol. The second kappa shape index (κ2) is 9.71. The Kier molecular flexibility index (Phi) is 6.56. The summed E-state index contributed by atoms with van der Waals surface area (Å²) >= 11 is 6.19. The van der Waals surface area contributed by atoms with Gasteiger partial charge in [-0.25, -0.2) is 0 Å². The Morgan fingerprint density at radius 3 is 2.61 bits per heavy atom. The number of anilines is 2. The van der Waals surface area contributed by atoms with Gasteiger partial charge in [-0.3, -0.25) is 9.59 Å². The minimum absolute atomic E-state index is 0.192. The molecule has 33 heavy (non-hydrogen) atoms. The van der Waals surface area contributed by atoms with Gasteiger partial charge in [0.25, 0.3) is 11.8 Å². The third-order valence-corrected chi connectivity index (χ3v) is 5.23. The van der Waals surface area contributed by atoms with E-state index in [0.29, 0.717) is 39.0 Å². The second-order valence-electron chi connectivity index (χ2n) is 7.58. The number of amides is 2. The van der Waals surface area contributed by atoms with Crippen LogP contribution in [-0.4, -0.2) is 24.1 Å². The molecule has 6 nitrogen and oxygen atoms in total. The highest BCUT2D eigenvalue weighted by molar-refractivity contribution is 6.33. The number of halogens is 1. The fourth-order valence-electron chi connectivity index (χ4n) is 3.41. The number of carbonyl (C=O) groups is 2. The number of rotatable bonds is 6. The van der Waals surface area contributed by atoms with Crippen molar-refractivity contribution in [2.45, 2.75) is 13.8 Å². The normalized spacial score (nSPS) is 14.4. The Balaban J connectivity index is 1.52. The standard InChI is InChI=1S/C26H22ClN3O3/c1-17-7-6-8-21(13-17)28-25(31)16-33-24-12-11-20(27)14-19(24)15-23-18(2)29-30(26(23)32)22-9-4-3-5-10-22/h3-15H,16H2,1-2H3,(H,28,31)/b23-15+. The number of hydrazone groups is 1. The second-order valence-corrected chi connectivity index (χ2v) is 8.02. The largest absolute Gasteiger partial charge is 0.483 e. The van der Waals surface area contributed by atoms with Crippen LogP contribution in [0.3, 0.4) is 0 Å². The molecule has 0 atom stereocenters. The zero-order valence-electron chi connectivity index (χ0n) is 18.2. The molecule has 3 aromatic carbocycles. The molecule has 166 valence electrons. The average molecular weight is 460 g/mol. The number of hydrogen-bond donors (Lipinski definition) is 1. The van der Waals surface area contributed by atoms with Gasteiger partial charge in [0.2, 0.25) is 0 Å². The van der Waals surface area contributed by atoms with Gasteiger partial charge in [-0.05, 0) is 68.0 Å². The first-order chi connectivity index (χ1) is 15.9. The van der Waals surface area contributed by atoms with Gasteiger partial charge in [-0.2, -0.15) is 10.1 Å². The fourth-order valence-corrected chi connectivity index (χ4v) is 3.59. The first-order valence-corrected chi connectivity index (χ1v) is 10.7. The van der Waals surface area contributed by atoms with Crippen LogP contribution in [0.25, 0.3) is 6.08 Å². The first kappa shape index (κ1) is 22.3. The van der Waals surface area contributed by atoms with Gasteiger partial charge in [-0.15, -0.1) is 0 Å². The van der Waals surface area contributed by atoms with E-state index in [1.54, 1.807) is 31.2 Å². The van der Waals surface area contributed by atoms with Crippen molar-refractivity contribution in [3.8, 4) is 5.75 Å². The molecule has 0 spiro atoms. The van der Waals surface area contributed by atoms with Crippen molar-refractivity contribution in [3.63, 3.8) is 0 Å². The number of aryl methyl sites for hydroxylation is 1. The average Bonchev–Trinajstić information content (AvgIpc) is 3.07. The Morgan fingerprint density at radius 2 is 1.85 bits per heavy atom. The van der Waals surface area contributed by atoms with Crippen LogP contribution >= 0.6 is 11.6 Å². The summed E-state index contributed by atoms with van der Waals surface area (Å²) in [6, 6.07) is 21.8. The minimum atomic E-state index is -0.293. The SMILES string of the molecule is CC1=NN(c2ccccc2)C(=O)/C1=C/c1cc(Cl)ccc1OCC(=O)Nc1cccc(C)c1. The molecule has 0 saturated heterocycles. The Labute approximate surface area is 197 Å². The number of ether oxygens (including phenoxy) is 1. The van der Waals surface area contributed by atoms with Crippen LogP contribution in [0.15, 0.2) is 83.5 Å². The highest BCUT2D eigenvalue weighted by atomic mass is 35.5. The van der Waals surface area contributed by atoms with E-state index in [1.165, 1.54) is 5.01 Å². The van der Waals surface area contributed by atoms with Crippen molar-refractivity contribution in [2.75, 3.05) is 16.9 Å². The number of hydrogen-bond acceptors (Lipinski definition) is 4. The number of carbonyl (C=O) groups excluding carboxylic acids is 2. The van der Waals surface area contributed by atoms with Crippen molar-refractivity contribution >= 4 is 46.6 Å². The molecular weight excluding hydrogens is 438 g/mol. The summed E-state index contributed by atoms with van der Waals surface area (Å²) in [6.45, 7) is 3.53. The third-order valence-electron chi connectivity index (χ3n) is 5.00. The summed E-state index contributed by atoms with van der Waals surface area (Å²) < 4.78 is 5.77. The van der Waals surface area contributed by atoms with E-state index < -0.39 is 0 Å². The molecule has 0 unspecified atom stereocenters. The molecule has 0 fully saturated rings. The Morgan fingerprint density at radius 1 is 1.06 bits per heavy atom. The van der Waals surface area contributed by atoms with E-state index in [1.807, 2.05) is 61.5 Å². The zero-order valence-corrected chi connectivity index (χ0v) is 19.0. The zero-order chi connectivity index (χ0) is 23.4. The Bertz CT molecular complexity index is 1270. The quantitative estimate of drug-likeness (QED) is 0.497.